The van der Waals surface area contributed by atoms with Gasteiger partial charge in [0.05, 0.1) is 6.42 Å². The van der Waals surface area contributed by atoms with Gasteiger partial charge in [-0.1, -0.05) is 24.3 Å². The average molecular weight is 524 g/mol. The molecule has 200 valence electrons. The highest BCUT2D eigenvalue weighted by Gasteiger charge is 2.46. The first-order valence-electron chi connectivity index (χ1n) is 12.8. The van der Waals surface area contributed by atoms with Crippen LogP contribution in [0.3, 0.4) is 0 Å². The lowest BCUT2D eigenvalue weighted by Gasteiger charge is -2.43. The summed E-state index contributed by atoms with van der Waals surface area (Å²) in [5.74, 6) is -2.41. The molecule has 0 spiro atoms. The lowest BCUT2D eigenvalue weighted by molar-refractivity contribution is -0.177. The molecule has 12 nitrogen and oxygen atoms in total. The van der Waals surface area contributed by atoms with Gasteiger partial charge in [-0.3, -0.25) is 34.0 Å². The Bertz CT molecular complexity index is 1280. The Morgan fingerprint density at radius 1 is 1.13 bits per heavy atom. The van der Waals surface area contributed by atoms with Crippen molar-refractivity contribution in [3.8, 4) is 0 Å². The molecule has 0 aliphatic carbocycles. The minimum absolute atomic E-state index is 0.0296. The summed E-state index contributed by atoms with van der Waals surface area (Å²) >= 11 is 0. The van der Waals surface area contributed by atoms with Gasteiger partial charge >= 0.3 is 5.97 Å². The zero-order valence-corrected chi connectivity index (χ0v) is 20.9. The number of carbonyl (C=O) groups excluding carboxylic acids is 5. The molecule has 1 aromatic carbocycles. The molecule has 3 saturated heterocycles. The summed E-state index contributed by atoms with van der Waals surface area (Å²) in [5.41, 5.74) is 0.170. The van der Waals surface area contributed by atoms with Gasteiger partial charge in [0.2, 0.25) is 18.1 Å². The van der Waals surface area contributed by atoms with Gasteiger partial charge in [0.15, 0.2) is 0 Å². The Hall–Kier alpha value is -4.06. The maximum Gasteiger partial charge on any atom is 0.310 e. The molecule has 4 heterocycles. The Labute approximate surface area is 218 Å². The molecule has 0 saturated carbocycles. The van der Waals surface area contributed by atoms with E-state index >= 15 is 0 Å². The topological polar surface area (TPSA) is 147 Å². The van der Waals surface area contributed by atoms with Crippen molar-refractivity contribution in [2.75, 3.05) is 13.2 Å². The number of benzene rings is 1. The summed E-state index contributed by atoms with van der Waals surface area (Å²) in [6, 6.07) is 6.33. The second-order valence-electron chi connectivity index (χ2n) is 9.44. The monoisotopic (exact) mass is 523 g/mol. The van der Waals surface area contributed by atoms with Crippen LogP contribution in [-0.2, 0) is 28.7 Å². The molecule has 4 amide bonds. The number of cyclic esters (lactones) is 1. The highest BCUT2D eigenvalue weighted by molar-refractivity contribution is 6.06. The van der Waals surface area contributed by atoms with Crippen molar-refractivity contribution in [2.24, 2.45) is 0 Å². The van der Waals surface area contributed by atoms with Gasteiger partial charge in [0, 0.05) is 31.2 Å². The fourth-order valence-corrected chi connectivity index (χ4v) is 5.18. The summed E-state index contributed by atoms with van der Waals surface area (Å²) in [4.78, 5) is 69.3. The third kappa shape index (κ3) is 4.91. The number of nitrogens with one attached hydrogen (secondary N) is 2. The fourth-order valence-electron chi connectivity index (χ4n) is 5.18. The Morgan fingerprint density at radius 2 is 1.95 bits per heavy atom. The lowest BCUT2D eigenvalue weighted by Crippen LogP contribution is -2.64. The van der Waals surface area contributed by atoms with E-state index in [1.165, 1.54) is 16.2 Å². The van der Waals surface area contributed by atoms with Crippen LogP contribution in [0.15, 0.2) is 36.5 Å². The second-order valence-corrected chi connectivity index (χ2v) is 9.44. The Balaban J connectivity index is 1.36. The standard InChI is InChI=1S/C26H29N5O7/c1-2-37-26-18(14-21(33)38-26)29-23(34)19-8-5-13-30-20(32)10-9-17(25(36)31(19)30)28-24(35)22-16-7-4-3-6-15(16)11-12-27-22/h3-4,6-7,11-12,17-19,26H,2,5,8-10,13-14H2,1H3,(H,28,35)(H,29,34)/t17-,18+,19-,26+/m0/s1. The van der Waals surface area contributed by atoms with Crippen molar-refractivity contribution < 1.29 is 33.4 Å². The number of fused-ring (bicyclic) bond motifs is 2. The molecule has 38 heavy (non-hydrogen) atoms. The van der Waals surface area contributed by atoms with Crippen LogP contribution < -0.4 is 10.6 Å². The summed E-state index contributed by atoms with van der Waals surface area (Å²) in [7, 11) is 0. The van der Waals surface area contributed by atoms with Crippen LogP contribution in [0.1, 0.15) is 49.5 Å². The van der Waals surface area contributed by atoms with Gasteiger partial charge < -0.3 is 20.1 Å². The van der Waals surface area contributed by atoms with Crippen LogP contribution in [0.5, 0.6) is 0 Å². The Kier molecular flexibility index (Phi) is 7.23. The van der Waals surface area contributed by atoms with Gasteiger partial charge in [-0.2, -0.15) is 0 Å². The second kappa shape index (κ2) is 10.7. The molecular formula is C26H29N5O7. The molecule has 0 unspecified atom stereocenters. The smallest absolute Gasteiger partial charge is 0.310 e. The van der Waals surface area contributed by atoms with E-state index in [2.05, 4.69) is 15.6 Å². The van der Waals surface area contributed by atoms with Crippen molar-refractivity contribution >= 4 is 40.4 Å². The predicted octanol–water partition coefficient (Wildman–Crippen LogP) is 0.656. The van der Waals surface area contributed by atoms with Crippen molar-refractivity contribution in [3.63, 3.8) is 0 Å². The van der Waals surface area contributed by atoms with E-state index in [-0.39, 0.29) is 44.0 Å². The highest BCUT2D eigenvalue weighted by Crippen LogP contribution is 2.26. The van der Waals surface area contributed by atoms with E-state index in [9.17, 15) is 24.0 Å². The number of ether oxygens (including phenoxy) is 2. The van der Waals surface area contributed by atoms with E-state index in [0.29, 0.717) is 18.2 Å². The van der Waals surface area contributed by atoms with Crippen LogP contribution in [-0.4, -0.2) is 82.2 Å². The molecule has 3 aliphatic rings. The number of pyridine rings is 1. The minimum Gasteiger partial charge on any atom is -0.433 e. The zero-order chi connectivity index (χ0) is 26.8. The Morgan fingerprint density at radius 3 is 2.76 bits per heavy atom. The van der Waals surface area contributed by atoms with Crippen LogP contribution in [0.2, 0.25) is 0 Å². The van der Waals surface area contributed by atoms with E-state index in [4.69, 9.17) is 9.47 Å². The number of amides is 4. The molecule has 2 N–H and O–H groups in total. The van der Waals surface area contributed by atoms with Crippen LogP contribution in [0, 0.1) is 0 Å². The van der Waals surface area contributed by atoms with E-state index in [1.807, 2.05) is 12.1 Å². The zero-order valence-electron chi connectivity index (χ0n) is 20.9. The molecular weight excluding hydrogens is 494 g/mol. The molecule has 3 fully saturated rings. The van der Waals surface area contributed by atoms with Crippen molar-refractivity contribution in [1.82, 2.24) is 25.6 Å². The summed E-state index contributed by atoms with van der Waals surface area (Å²) in [6.07, 6.45) is 1.49. The largest absolute Gasteiger partial charge is 0.433 e. The summed E-state index contributed by atoms with van der Waals surface area (Å²) < 4.78 is 10.5. The molecule has 5 rings (SSSR count). The van der Waals surface area contributed by atoms with E-state index < -0.39 is 48.1 Å². The first-order chi connectivity index (χ1) is 18.4. The van der Waals surface area contributed by atoms with Gasteiger partial charge in [-0.15, -0.1) is 0 Å². The van der Waals surface area contributed by atoms with Crippen molar-refractivity contribution in [1.29, 1.82) is 0 Å². The maximum absolute atomic E-state index is 13.7. The number of carbonyl (C=O) groups is 5. The van der Waals surface area contributed by atoms with Gasteiger partial charge in [-0.25, -0.2) is 5.01 Å². The quantitative estimate of drug-likeness (QED) is 0.525. The van der Waals surface area contributed by atoms with Crippen LogP contribution in [0.4, 0.5) is 0 Å². The van der Waals surface area contributed by atoms with Gasteiger partial charge in [0.1, 0.15) is 23.8 Å². The summed E-state index contributed by atoms with van der Waals surface area (Å²) in [6.45, 7) is 2.31. The predicted molar refractivity (Wildman–Crippen MR) is 132 cm³/mol. The SMILES string of the molecule is CCO[C@@H]1OC(=O)C[C@H]1NC(=O)[C@@H]1CCCN2C(=O)CC[C@H](NC(=O)c3nccc4ccccc34)C(=O)N12. The summed E-state index contributed by atoms with van der Waals surface area (Å²) in [5, 5.41) is 9.45. The lowest BCUT2D eigenvalue weighted by atomic mass is 10.0. The molecule has 3 aliphatic heterocycles. The number of hydrazine groups is 1. The molecule has 12 heteroatoms. The number of aromatic nitrogens is 1. The molecule has 2 aromatic rings. The average Bonchev–Trinajstić information content (AvgIpc) is 3.21. The van der Waals surface area contributed by atoms with Crippen LogP contribution >= 0.6 is 0 Å². The fraction of sp³-hybridized carbons (Fsp3) is 0.462. The number of hydrogen-bond acceptors (Lipinski definition) is 8. The van der Waals surface area contributed by atoms with Gasteiger partial charge in [0.25, 0.3) is 11.8 Å². The number of hydrogen-bond donors (Lipinski definition) is 2. The van der Waals surface area contributed by atoms with Crippen molar-refractivity contribution in [3.05, 3.63) is 42.2 Å². The normalized spacial score (nSPS) is 25.6. The molecule has 0 radical (unpaired) electrons. The number of esters is 1. The van der Waals surface area contributed by atoms with E-state index in [0.717, 1.165) is 5.39 Å². The molecule has 4 atom stereocenters. The van der Waals surface area contributed by atoms with Crippen molar-refractivity contribution in [2.45, 2.75) is 63.4 Å². The first kappa shape index (κ1) is 25.6. The van der Waals surface area contributed by atoms with Crippen LogP contribution in [0.25, 0.3) is 10.8 Å². The highest BCUT2D eigenvalue weighted by atomic mass is 16.7. The molecule has 1 aromatic heterocycles. The number of nitrogens with zero attached hydrogens (tertiary/aromatic N) is 3. The van der Waals surface area contributed by atoms with Gasteiger partial charge in [-0.05, 0) is 37.6 Å². The maximum atomic E-state index is 13.7. The third-order valence-corrected chi connectivity index (χ3v) is 6.98. The first-order valence-corrected chi connectivity index (χ1v) is 12.8. The minimum atomic E-state index is -1.03. The van der Waals surface area contributed by atoms with E-state index in [1.54, 1.807) is 25.1 Å². The number of rotatable bonds is 6. The molecule has 0 bridgehead atoms. The third-order valence-electron chi connectivity index (χ3n) is 6.98.